The molecule has 0 fully saturated rings. The lowest BCUT2D eigenvalue weighted by molar-refractivity contribution is -0.127. The Morgan fingerprint density at radius 3 is 2.40 bits per heavy atom. The van der Waals surface area contributed by atoms with Gasteiger partial charge in [-0.05, 0) is 29.5 Å². The Kier molecular flexibility index (Phi) is 4.66. The lowest BCUT2D eigenvalue weighted by Crippen LogP contribution is -2.29. The molecule has 0 radical (unpaired) electrons. The largest absolute Gasteiger partial charge is 0.417 e. The van der Waals surface area contributed by atoms with Crippen molar-refractivity contribution in [3.63, 3.8) is 0 Å². The van der Waals surface area contributed by atoms with E-state index in [1.807, 2.05) is 24.3 Å². The van der Waals surface area contributed by atoms with Gasteiger partial charge in [0.25, 0.3) is 0 Å². The smallest absolute Gasteiger partial charge is 0.335 e. The van der Waals surface area contributed by atoms with E-state index in [4.69, 9.17) is 0 Å². The molecule has 130 valence electrons. The van der Waals surface area contributed by atoms with Crippen LogP contribution in [0.1, 0.15) is 29.2 Å². The highest BCUT2D eigenvalue weighted by Crippen LogP contribution is 2.37. The minimum absolute atomic E-state index is 0.0106. The molecule has 1 aliphatic carbocycles. The number of benzene rings is 2. The molecule has 0 aliphatic heterocycles. The first-order valence-electron chi connectivity index (χ1n) is 8.07. The van der Waals surface area contributed by atoms with E-state index >= 15 is 0 Å². The Balaban J connectivity index is 1.90. The van der Waals surface area contributed by atoms with E-state index in [0.29, 0.717) is 6.08 Å². The number of carbonyl (C=O) groups excluding carboxylic acids is 1. The van der Waals surface area contributed by atoms with Crippen molar-refractivity contribution in [1.82, 2.24) is 4.90 Å². The summed E-state index contributed by atoms with van der Waals surface area (Å²) in [6.07, 6.45) is -2.34. The van der Waals surface area contributed by atoms with Crippen molar-refractivity contribution in [2.75, 3.05) is 7.05 Å². The van der Waals surface area contributed by atoms with Crippen LogP contribution in [0.15, 0.2) is 60.7 Å². The lowest BCUT2D eigenvalue weighted by Gasteiger charge is -2.25. The van der Waals surface area contributed by atoms with Crippen LogP contribution in [0.5, 0.6) is 0 Å². The molecule has 3 rings (SSSR count). The van der Waals surface area contributed by atoms with E-state index in [1.165, 1.54) is 29.2 Å². The van der Waals surface area contributed by atoms with Crippen LogP contribution in [-0.2, 0) is 11.2 Å². The fourth-order valence-corrected chi connectivity index (χ4v) is 3.26. The first-order chi connectivity index (χ1) is 11.9. The summed E-state index contributed by atoms with van der Waals surface area (Å²) >= 11 is 0. The molecule has 0 heterocycles. The van der Waals surface area contributed by atoms with E-state index in [0.717, 1.165) is 24.0 Å². The van der Waals surface area contributed by atoms with Crippen molar-refractivity contribution in [3.8, 4) is 0 Å². The molecule has 2 aromatic carbocycles. The van der Waals surface area contributed by atoms with Gasteiger partial charge in [-0.1, -0.05) is 54.6 Å². The van der Waals surface area contributed by atoms with Crippen LogP contribution >= 0.6 is 0 Å². The third kappa shape index (κ3) is 3.60. The normalized spacial score (nSPS) is 17.3. The highest BCUT2D eigenvalue weighted by atomic mass is 19.4. The van der Waals surface area contributed by atoms with Crippen molar-refractivity contribution in [1.29, 1.82) is 0 Å². The third-order valence-corrected chi connectivity index (χ3v) is 4.57. The molecule has 1 atom stereocenters. The molecule has 0 saturated carbocycles. The summed E-state index contributed by atoms with van der Waals surface area (Å²) in [4.78, 5) is 13.9. The number of halogens is 3. The maximum absolute atomic E-state index is 13.4. The second kappa shape index (κ2) is 6.75. The molecule has 0 spiro atoms. The van der Waals surface area contributed by atoms with Gasteiger partial charge in [-0.15, -0.1) is 0 Å². The van der Waals surface area contributed by atoms with Crippen molar-refractivity contribution >= 4 is 11.5 Å². The number of likely N-dealkylation sites (N-methyl/N-ethyl adjacent to an activating group) is 1. The molecule has 0 saturated heterocycles. The zero-order valence-electron chi connectivity index (χ0n) is 13.8. The van der Waals surface area contributed by atoms with Crippen molar-refractivity contribution < 1.29 is 18.0 Å². The topological polar surface area (TPSA) is 20.3 Å². The van der Waals surface area contributed by atoms with Gasteiger partial charge < -0.3 is 4.90 Å². The summed E-state index contributed by atoms with van der Waals surface area (Å²) in [6.45, 7) is 0. The lowest BCUT2D eigenvalue weighted by atomic mass is 10.0. The predicted octanol–water partition coefficient (Wildman–Crippen LogP) is 4.78. The Bertz CT molecular complexity index is 796. The van der Waals surface area contributed by atoms with E-state index in [2.05, 4.69) is 0 Å². The molecule has 0 bridgehead atoms. The molecule has 2 nitrogen and oxygen atoms in total. The minimum atomic E-state index is -4.59. The van der Waals surface area contributed by atoms with Gasteiger partial charge in [0.1, 0.15) is 0 Å². The molecular weight excluding hydrogens is 327 g/mol. The molecule has 25 heavy (non-hydrogen) atoms. The summed E-state index contributed by atoms with van der Waals surface area (Å²) in [5, 5.41) is 0. The summed E-state index contributed by atoms with van der Waals surface area (Å²) in [6, 6.07) is 15.0. The van der Waals surface area contributed by atoms with E-state index in [-0.39, 0.29) is 11.6 Å². The number of rotatable bonds is 3. The number of hydrogen-bond acceptors (Lipinski definition) is 1. The Labute approximate surface area is 144 Å². The van der Waals surface area contributed by atoms with Crippen molar-refractivity contribution in [3.05, 3.63) is 77.4 Å². The van der Waals surface area contributed by atoms with Gasteiger partial charge in [-0.2, -0.15) is 13.2 Å². The highest BCUT2D eigenvalue weighted by Gasteiger charge is 2.36. The molecule has 2 aromatic rings. The van der Waals surface area contributed by atoms with Crippen molar-refractivity contribution in [2.45, 2.75) is 25.1 Å². The number of amides is 1. The Hall–Kier alpha value is -2.56. The highest BCUT2D eigenvalue weighted by molar-refractivity contribution is 5.96. The molecular formula is C20H18F3NO. The fourth-order valence-electron chi connectivity index (χ4n) is 3.26. The molecule has 0 N–H and O–H groups in total. The van der Waals surface area contributed by atoms with Crippen LogP contribution in [0.4, 0.5) is 13.2 Å². The van der Waals surface area contributed by atoms with Crippen LogP contribution in [0.25, 0.3) is 5.57 Å². The summed E-state index contributed by atoms with van der Waals surface area (Å²) < 4.78 is 40.2. The van der Waals surface area contributed by atoms with E-state index in [1.54, 1.807) is 13.1 Å². The van der Waals surface area contributed by atoms with Crippen LogP contribution in [0, 0.1) is 0 Å². The van der Waals surface area contributed by atoms with E-state index < -0.39 is 17.7 Å². The summed E-state index contributed by atoms with van der Waals surface area (Å²) in [5.74, 6) is -0.641. The van der Waals surface area contributed by atoms with Crippen LogP contribution < -0.4 is 0 Å². The number of carbonyl (C=O) groups is 1. The van der Waals surface area contributed by atoms with Crippen LogP contribution in [0.3, 0.4) is 0 Å². The Morgan fingerprint density at radius 1 is 1.08 bits per heavy atom. The van der Waals surface area contributed by atoms with Gasteiger partial charge >= 0.3 is 6.18 Å². The average Bonchev–Trinajstić information content (AvgIpc) is 3.02. The first kappa shape index (κ1) is 17.3. The fraction of sp³-hybridized carbons (Fsp3) is 0.250. The second-order valence-electron chi connectivity index (χ2n) is 6.12. The van der Waals surface area contributed by atoms with Crippen LogP contribution in [0.2, 0.25) is 0 Å². The first-order valence-corrected chi connectivity index (χ1v) is 8.07. The molecule has 1 aliphatic rings. The van der Waals surface area contributed by atoms with Crippen molar-refractivity contribution in [2.24, 2.45) is 0 Å². The van der Waals surface area contributed by atoms with E-state index in [9.17, 15) is 18.0 Å². The summed E-state index contributed by atoms with van der Waals surface area (Å²) in [7, 11) is 1.56. The van der Waals surface area contributed by atoms with Crippen LogP contribution in [-0.4, -0.2) is 24.0 Å². The number of nitrogens with zero attached hydrogens (tertiary/aromatic N) is 1. The molecule has 0 aromatic heterocycles. The standard InChI is InChI=1S/C20H18F3NO/c1-24(18-12-11-14-7-5-6-10-16(14)18)19(25)13-17(20(21,22)23)15-8-3-2-4-9-15/h2-10,13,18H,11-12H2,1H3/b17-13-. The number of allylic oxidation sites excluding steroid dienone is 1. The quantitative estimate of drug-likeness (QED) is 0.733. The Morgan fingerprint density at radius 2 is 1.72 bits per heavy atom. The number of hydrogen-bond donors (Lipinski definition) is 0. The molecule has 1 amide bonds. The third-order valence-electron chi connectivity index (χ3n) is 4.57. The monoisotopic (exact) mass is 345 g/mol. The SMILES string of the molecule is CN(C(=O)/C=C(/c1ccccc1)C(F)(F)F)C1CCc2ccccc21. The van der Waals surface area contributed by atoms with Gasteiger partial charge in [0.15, 0.2) is 0 Å². The number of alkyl halides is 3. The predicted molar refractivity (Wildman–Crippen MR) is 90.7 cm³/mol. The summed E-state index contributed by atoms with van der Waals surface area (Å²) in [5.41, 5.74) is 1.23. The van der Waals surface area contributed by atoms with Gasteiger partial charge in [0.2, 0.25) is 5.91 Å². The molecule has 1 unspecified atom stereocenters. The maximum Gasteiger partial charge on any atom is 0.417 e. The van der Waals surface area contributed by atoms with Gasteiger partial charge in [0.05, 0.1) is 11.6 Å². The average molecular weight is 345 g/mol. The van der Waals surface area contributed by atoms with Gasteiger partial charge in [-0.25, -0.2) is 0 Å². The van der Waals surface area contributed by atoms with Gasteiger partial charge in [-0.3, -0.25) is 4.79 Å². The van der Waals surface area contributed by atoms with Gasteiger partial charge in [0, 0.05) is 13.1 Å². The number of aryl methyl sites for hydroxylation is 1. The number of fused-ring (bicyclic) bond motifs is 1. The second-order valence-corrected chi connectivity index (χ2v) is 6.12. The maximum atomic E-state index is 13.4. The zero-order valence-corrected chi connectivity index (χ0v) is 13.8. The molecule has 5 heteroatoms. The minimum Gasteiger partial charge on any atom is -0.335 e. The zero-order chi connectivity index (χ0) is 18.0.